The van der Waals surface area contributed by atoms with E-state index in [0.717, 1.165) is 32.0 Å². The molecule has 2 rings (SSSR count). The van der Waals surface area contributed by atoms with Gasteiger partial charge in [-0.3, -0.25) is 4.79 Å². The number of pyridine rings is 1. The Morgan fingerprint density at radius 1 is 1.44 bits per heavy atom. The van der Waals surface area contributed by atoms with E-state index in [1.807, 2.05) is 13.0 Å². The van der Waals surface area contributed by atoms with Gasteiger partial charge in [0.2, 0.25) is 0 Å². The van der Waals surface area contributed by atoms with Crippen LogP contribution < -0.4 is 16.0 Å². The van der Waals surface area contributed by atoms with Crippen molar-refractivity contribution in [2.45, 2.75) is 6.92 Å². The average molecular weight is 220 g/mol. The number of anilines is 1. The summed E-state index contributed by atoms with van der Waals surface area (Å²) in [5.41, 5.74) is 6.44. The second kappa shape index (κ2) is 4.49. The van der Waals surface area contributed by atoms with Gasteiger partial charge in [0.1, 0.15) is 5.82 Å². The fourth-order valence-electron chi connectivity index (χ4n) is 1.88. The second-order valence-electron chi connectivity index (χ2n) is 3.90. The summed E-state index contributed by atoms with van der Waals surface area (Å²) in [5.74, 6) is 0.501. The third-order valence-electron chi connectivity index (χ3n) is 2.78. The molecule has 1 amide bonds. The summed E-state index contributed by atoms with van der Waals surface area (Å²) in [5, 5.41) is 3.29. The van der Waals surface area contributed by atoms with Crippen molar-refractivity contribution >= 4 is 11.7 Å². The van der Waals surface area contributed by atoms with Crippen molar-refractivity contribution in [3.63, 3.8) is 0 Å². The van der Waals surface area contributed by atoms with E-state index < -0.39 is 5.91 Å². The van der Waals surface area contributed by atoms with Gasteiger partial charge in [-0.15, -0.1) is 0 Å². The molecule has 0 unspecified atom stereocenters. The smallest absolute Gasteiger partial charge is 0.250 e. The molecule has 1 aromatic heterocycles. The van der Waals surface area contributed by atoms with E-state index in [2.05, 4.69) is 15.2 Å². The van der Waals surface area contributed by atoms with E-state index in [1.165, 1.54) is 0 Å². The molecule has 3 N–H and O–H groups in total. The van der Waals surface area contributed by atoms with E-state index in [9.17, 15) is 4.79 Å². The first-order valence-electron chi connectivity index (χ1n) is 5.41. The van der Waals surface area contributed by atoms with E-state index in [0.29, 0.717) is 11.3 Å². The van der Waals surface area contributed by atoms with Gasteiger partial charge in [0.05, 0.1) is 11.3 Å². The molecule has 1 aliphatic rings. The topological polar surface area (TPSA) is 71.2 Å². The minimum absolute atomic E-state index is 0.420. The minimum Gasteiger partial charge on any atom is -0.366 e. The lowest BCUT2D eigenvalue weighted by Crippen LogP contribution is -2.44. The molecule has 1 aromatic rings. The second-order valence-corrected chi connectivity index (χ2v) is 3.90. The number of nitrogens with one attached hydrogen (secondary N) is 1. The first kappa shape index (κ1) is 10.9. The average Bonchev–Trinajstić information content (AvgIpc) is 2.29. The fourth-order valence-corrected chi connectivity index (χ4v) is 1.88. The Balaban J connectivity index is 2.23. The lowest BCUT2D eigenvalue weighted by molar-refractivity contribution is 0.0999. The predicted octanol–water partition coefficient (Wildman–Crippen LogP) is -0.101. The van der Waals surface area contributed by atoms with Crippen molar-refractivity contribution in [1.29, 1.82) is 0 Å². The quantitative estimate of drug-likeness (QED) is 0.730. The molecule has 1 fully saturated rings. The largest absolute Gasteiger partial charge is 0.366 e. The molecule has 2 heterocycles. The number of amides is 1. The Hall–Kier alpha value is -1.62. The van der Waals surface area contributed by atoms with Gasteiger partial charge >= 0.3 is 0 Å². The first-order chi connectivity index (χ1) is 7.68. The van der Waals surface area contributed by atoms with Gasteiger partial charge in [-0.25, -0.2) is 4.98 Å². The van der Waals surface area contributed by atoms with Crippen LogP contribution in [0.4, 0.5) is 5.82 Å². The molecule has 5 heteroatoms. The molecule has 0 saturated carbocycles. The van der Waals surface area contributed by atoms with Crippen LogP contribution in [-0.2, 0) is 0 Å². The zero-order valence-corrected chi connectivity index (χ0v) is 9.36. The summed E-state index contributed by atoms with van der Waals surface area (Å²) >= 11 is 0. The highest BCUT2D eigenvalue weighted by atomic mass is 16.1. The molecule has 86 valence electrons. The first-order valence-corrected chi connectivity index (χ1v) is 5.41. The summed E-state index contributed by atoms with van der Waals surface area (Å²) in [6.07, 6.45) is 0. The summed E-state index contributed by atoms with van der Waals surface area (Å²) in [6, 6.07) is 3.61. The van der Waals surface area contributed by atoms with Crippen LogP contribution >= 0.6 is 0 Å². The summed E-state index contributed by atoms with van der Waals surface area (Å²) < 4.78 is 0. The molecule has 1 saturated heterocycles. The molecule has 0 atom stereocenters. The van der Waals surface area contributed by atoms with Crippen LogP contribution in [0.15, 0.2) is 12.1 Å². The lowest BCUT2D eigenvalue weighted by atomic mass is 10.2. The van der Waals surface area contributed by atoms with Crippen molar-refractivity contribution in [2.75, 3.05) is 31.1 Å². The number of aryl methyl sites for hydroxylation is 1. The molecular weight excluding hydrogens is 204 g/mol. The molecular formula is C11H16N4O. The summed E-state index contributed by atoms with van der Waals surface area (Å²) in [6.45, 7) is 5.65. The van der Waals surface area contributed by atoms with Gasteiger partial charge in [0.15, 0.2) is 0 Å². The summed E-state index contributed by atoms with van der Waals surface area (Å²) in [4.78, 5) is 17.7. The Labute approximate surface area is 94.6 Å². The molecule has 0 aliphatic carbocycles. The Morgan fingerprint density at radius 3 is 2.69 bits per heavy atom. The highest BCUT2D eigenvalue weighted by Crippen LogP contribution is 2.14. The molecule has 0 radical (unpaired) electrons. The van der Waals surface area contributed by atoms with Crippen LogP contribution in [0.1, 0.15) is 16.1 Å². The lowest BCUT2D eigenvalue weighted by Gasteiger charge is -2.28. The molecule has 0 spiro atoms. The van der Waals surface area contributed by atoms with Crippen molar-refractivity contribution in [3.05, 3.63) is 23.4 Å². The number of piperazine rings is 1. The fraction of sp³-hybridized carbons (Fsp3) is 0.455. The maximum absolute atomic E-state index is 11.1. The number of nitrogens with zero attached hydrogens (tertiary/aromatic N) is 2. The van der Waals surface area contributed by atoms with Crippen LogP contribution in [0.2, 0.25) is 0 Å². The van der Waals surface area contributed by atoms with Crippen molar-refractivity contribution in [3.8, 4) is 0 Å². The zero-order valence-electron chi connectivity index (χ0n) is 9.36. The number of carbonyl (C=O) groups is 1. The summed E-state index contributed by atoms with van der Waals surface area (Å²) in [7, 11) is 0. The number of hydrogen-bond donors (Lipinski definition) is 2. The van der Waals surface area contributed by atoms with E-state index in [-0.39, 0.29) is 0 Å². The van der Waals surface area contributed by atoms with Gasteiger partial charge in [0.25, 0.3) is 5.91 Å². The minimum atomic E-state index is -0.420. The van der Waals surface area contributed by atoms with Crippen LogP contribution in [0.5, 0.6) is 0 Å². The van der Waals surface area contributed by atoms with E-state index in [1.54, 1.807) is 6.07 Å². The van der Waals surface area contributed by atoms with Gasteiger partial charge in [-0.05, 0) is 19.1 Å². The van der Waals surface area contributed by atoms with Gasteiger partial charge < -0.3 is 16.0 Å². The zero-order chi connectivity index (χ0) is 11.5. The maximum Gasteiger partial charge on any atom is 0.250 e. The van der Waals surface area contributed by atoms with Crippen molar-refractivity contribution in [1.82, 2.24) is 10.3 Å². The number of carbonyl (C=O) groups excluding carboxylic acids is 1. The number of hydrogen-bond acceptors (Lipinski definition) is 4. The van der Waals surface area contributed by atoms with Crippen LogP contribution in [0.3, 0.4) is 0 Å². The Kier molecular flexibility index (Phi) is 3.05. The Bertz CT molecular complexity index is 399. The molecule has 16 heavy (non-hydrogen) atoms. The molecule has 0 aromatic carbocycles. The normalized spacial score (nSPS) is 16.2. The van der Waals surface area contributed by atoms with Gasteiger partial charge in [-0.1, -0.05) is 0 Å². The monoisotopic (exact) mass is 220 g/mol. The Morgan fingerprint density at radius 2 is 2.12 bits per heavy atom. The van der Waals surface area contributed by atoms with Crippen LogP contribution in [-0.4, -0.2) is 37.1 Å². The number of aromatic nitrogens is 1. The van der Waals surface area contributed by atoms with Gasteiger partial charge in [-0.2, -0.15) is 0 Å². The third kappa shape index (κ3) is 2.14. The molecule has 0 bridgehead atoms. The molecule has 1 aliphatic heterocycles. The van der Waals surface area contributed by atoms with E-state index >= 15 is 0 Å². The highest BCUT2D eigenvalue weighted by molar-refractivity contribution is 5.94. The van der Waals surface area contributed by atoms with Crippen LogP contribution in [0.25, 0.3) is 0 Å². The van der Waals surface area contributed by atoms with E-state index in [4.69, 9.17) is 5.73 Å². The van der Waals surface area contributed by atoms with Crippen LogP contribution in [0, 0.1) is 6.92 Å². The third-order valence-corrected chi connectivity index (χ3v) is 2.78. The number of rotatable bonds is 2. The molecule has 5 nitrogen and oxygen atoms in total. The van der Waals surface area contributed by atoms with Crippen molar-refractivity contribution in [2.24, 2.45) is 5.73 Å². The van der Waals surface area contributed by atoms with Crippen molar-refractivity contribution < 1.29 is 4.79 Å². The number of primary amides is 1. The van der Waals surface area contributed by atoms with Gasteiger partial charge in [0, 0.05) is 26.2 Å². The standard InChI is InChI=1S/C11H16N4O/c1-8-9(11(12)16)2-3-10(14-8)15-6-4-13-5-7-15/h2-3,13H,4-7H2,1H3,(H2,12,16). The predicted molar refractivity (Wildman–Crippen MR) is 62.6 cm³/mol. The maximum atomic E-state index is 11.1. The highest BCUT2D eigenvalue weighted by Gasteiger charge is 2.13. The SMILES string of the molecule is Cc1nc(N2CCNCC2)ccc1C(N)=O. The number of nitrogens with two attached hydrogens (primary N) is 1.